The molecule has 1 aromatic heterocycles. The van der Waals surface area contributed by atoms with Crippen molar-refractivity contribution in [1.29, 1.82) is 0 Å². The average molecular weight is 311 g/mol. The van der Waals surface area contributed by atoms with Crippen LogP contribution in [-0.4, -0.2) is 26.1 Å². The van der Waals surface area contributed by atoms with Crippen molar-refractivity contribution >= 4 is 16.9 Å². The Labute approximate surface area is 130 Å². The maximum Gasteiger partial charge on any atom is 0.341 e. The standard InChI is InChI=1S/C16H13N3O4/c20-14(11-6-2-1-3-7-11)16(22)23-10-19-15(21)12-8-4-5-9-13(12)17-18-19/h1-9,14,20H,10H2/t14-/m1/s1. The van der Waals surface area contributed by atoms with Gasteiger partial charge < -0.3 is 9.84 Å². The number of aliphatic hydroxyl groups excluding tert-OH is 1. The number of ether oxygens (including phenoxy) is 1. The van der Waals surface area contributed by atoms with Crippen LogP contribution in [0.2, 0.25) is 0 Å². The van der Waals surface area contributed by atoms with Gasteiger partial charge in [0.15, 0.2) is 12.8 Å². The van der Waals surface area contributed by atoms with E-state index in [0.717, 1.165) is 4.68 Å². The third-order valence-corrected chi connectivity index (χ3v) is 3.30. The van der Waals surface area contributed by atoms with Crippen LogP contribution in [0.15, 0.2) is 59.4 Å². The minimum atomic E-state index is -1.42. The summed E-state index contributed by atoms with van der Waals surface area (Å²) in [7, 11) is 0. The van der Waals surface area contributed by atoms with Crippen LogP contribution in [0.5, 0.6) is 0 Å². The van der Waals surface area contributed by atoms with Gasteiger partial charge >= 0.3 is 5.97 Å². The van der Waals surface area contributed by atoms with Crippen molar-refractivity contribution in [3.8, 4) is 0 Å². The van der Waals surface area contributed by atoms with Gasteiger partial charge in [-0.2, -0.15) is 4.68 Å². The molecule has 3 aromatic rings. The van der Waals surface area contributed by atoms with E-state index < -0.39 is 24.4 Å². The first-order chi connectivity index (χ1) is 11.2. The Kier molecular flexibility index (Phi) is 4.11. The highest BCUT2D eigenvalue weighted by molar-refractivity contribution is 5.77. The van der Waals surface area contributed by atoms with E-state index in [2.05, 4.69) is 10.3 Å². The zero-order chi connectivity index (χ0) is 16.2. The number of carbonyl (C=O) groups is 1. The molecule has 1 N–H and O–H groups in total. The van der Waals surface area contributed by atoms with Gasteiger partial charge in [0.2, 0.25) is 0 Å². The van der Waals surface area contributed by atoms with Crippen LogP contribution in [0.4, 0.5) is 0 Å². The molecule has 0 saturated heterocycles. The van der Waals surface area contributed by atoms with Crippen molar-refractivity contribution in [2.45, 2.75) is 12.8 Å². The summed E-state index contributed by atoms with van der Waals surface area (Å²) in [6, 6.07) is 15.1. The zero-order valence-electron chi connectivity index (χ0n) is 12.0. The molecule has 0 spiro atoms. The number of nitrogens with zero attached hydrogens (tertiary/aromatic N) is 3. The van der Waals surface area contributed by atoms with Gasteiger partial charge in [0.25, 0.3) is 5.56 Å². The lowest BCUT2D eigenvalue weighted by Crippen LogP contribution is -2.27. The highest BCUT2D eigenvalue weighted by Crippen LogP contribution is 2.13. The molecule has 0 aliphatic carbocycles. The molecule has 23 heavy (non-hydrogen) atoms. The summed E-state index contributed by atoms with van der Waals surface area (Å²) in [5.41, 5.74) is 0.455. The zero-order valence-corrected chi connectivity index (χ0v) is 12.0. The Balaban J connectivity index is 1.75. The molecule has 7 heteroatoms. The minimum absolute atomic E-state index is 0.377. The van der Waals surface area contributed by atoms with Gasteiger partial charge in [-0.1, -0.05) is 47.7 Å². The van der Waals surface area contributed by atoms with Gasteiger partial charge in [0.05, 0.1) is 5.39 Å². The molecule has 0 fully saturated rings. The van der Waals surface area contributed by atoms with E-state index in [9.17, 15) is 14.7 Å². The first-order valence-electron chi connectivity index (χ1n) is 6.89. The highest BCUT2D eigenvalue weighted by Gasteiger charge is 2.19. The monoisotopic (exact) mass is 311 g/mol. The quantitative estimate of drug-likeness (QED) is 0.723. The third-order valence-electron chi connectivity index (χ3n) is 3.30. The number of hydrogen-bond acceptors (Lipinski definition) is 6. The van der Waals surface area contributed by atoms with E-state index in [1.165, 1.54) is 0 Å². The topological polar surface area (TPSA) is 94.3 Å². The first kappa shape index (κ1) is 14.9. The van der Waals surface area contributed by atoms with Crippen LogP contribution in [0, 0.1) is 0 Å². The van der Waals surface area contributed by atoms with Crippen LogP contribution in [0.1, 0.15) is 11.7 Å². The number of carbonyl (C=O) groups excluding carboxylic acids is 1. The fourth-order valence-electron chi connectivity index (χ4n) is 2.08. The van der Waals surface area contributed by atoms with Gasteiger partial charge in [0.1, 0.15) is 5.52 Å². The van der Waals surface area contributed by atoms with Gasteiger partial charge in [-0.05, 0) is 17.7 Å². The molecular formula is C16H13N3O4. The van der Waals surface area contributed by atoms with Gasteiger partial charge in [-0.3, -0.25) is 4.79 Å². The lowest BCUT2D eigenvalue weighted by Gasteiger charge is -2.11. The van der Waals surface area contributed by atoms with E-state index in [1.807, 2.05) is 0 Å². The molecule has 1 heterocycles. The number of aliphatic hydroxyl groups is 1. The van der Waals surface area contributed by atoms with E-state index >= 15 is 0 Å². The molecule has 0 saturated carbocycles. The minimum Gasteiger partial charge on any atom is -0.440 e. The van der Waals surface area contributed by atoms with Crippen molar-refractivity contribution in [3.63, 3.8) is 0 Å². The molecule has 2 aromatic carbocycles. The number of rotatable bonds is 4. The summed E-state index contributed by atoms with van der Waals surface area (Å²) in [6.45, 7) is -0.417. The summed E-state index contributed by atoms with van der Waals surface area (Å²) >= 11 is 0. The van der Waals surface area contributed by atoms with Crippen molar-refractivity contribution in [1.82, 2.24) is 15.0 Å². The van der Waals surface area contributed by atoms with Crippen molar-refractivity contribution in [3.05, 3.63) is 70.5 Å². The Morgan fingerprint density at radius 3 is 2.61 bits per heavy atom. The van der Waals surface area contributed by atoms with E-state index in [0.29, 0.717) is 16.5 Å². The molecule has 0 radical (unpaired) electrons. The van der Waals surface area contributed by atoms with Crippen LogP contribution in [0.3, 0.4) is 0 Å². The maximum absolute atomic E-state index is 12.2. The molecule has 3 rings (SSSR count). The summed E-state index contributed by atoms with van der Waals surface area (Å²) < 4.78 is 5.87. The predicted molar refractivity (Wildman–Crippen MR) is 81.3 cm³/mol. The average Bonchev–Trinajstić information content (AvgIpc) is 2.61. The first-order valence-corrected chi connectivity index (χ1v) is 6.89. The number of fused-ring (bicyclic) bond motifs is 1. The van der Waals surface area contributed by atoms with Crippen LogP contribution in [-0.2, 0) is 16.3 Å². The van der Waals surface area contributed by atoms with E-state index in [-0.39, 0.29) is 0 Å². The summed E-state index contributed by atoms with van der Waals surface area (Å²) in [5.74, 6) is -0.863. The number of benzene rings is 2. The molecule has 0 aliphatic rings. The Morgan fingerprint density at radius 1 is 1.13 bits per heavy atom. The summed E-state index contributed by atoms with van der Waals surface area (Å²) in [6.07, 6.45) is -1.42. The third kappa shape index (κ3) is 3.09. The molecule has 1 atom stereocenters. The molecular weight excluding hydrogens is 298 g/mol. The van der Waals surface area contributed by atoms with E-state index in [1.54, 1.807) is 54.6 Å². The second-order valence-electron chi connectivity index (χ2n) is 4.82. The maximum atomic E-state index is 12.2. The van der Waals surface area contributed by atoms with Crippen molar-refractivity contribution in [2.75, 3.05) is 0 Å². The molecule has 0 bridgehead atoms. The lowest BCUT2D eigenvalue weighted by molar-refractivity contribution is -0.158. The second-order valence-corrected chi connectivity index (χ2v) is 4.82. The van der Waals surface area contributed by atoms with Crippen LogP contribution in [0.25, 0.3) is 10.9 Å². The van der Waals surface area contributed by atoms with Gasteiger partial charge in [0, 0.05) is 0 Å². The summed E-state index contributed by atoms with van der Waals surface area (Å²) in [4.78, 5) is 24.0. The Morgan fingerprint density at radius 2 is 1.83 bits per heavy atom. The molecule has 0 unspecified atom stereocenters. The van der Waals surface area contributed by atoms with Gasteiger partial charge in [-0.25, -0.2) is 4.79 Å². The number of hydrogen-bond donors (Lipinski definition) is 1. The van der Waals surface area contributed by atoms with Gasteiger partial charge in [-0.15, -0.1) is 5.10 Å². The predicted octanol–water partition coefficient (Wildman–Crippen LogP) is 1.03. The van der Waals surface area contributed by atoms with E-state index in [4.69, 9.17) is 4.74 Å². The number of esters is 1. The lowest BCUT2D eigenvalue weighted by atomic mass is 10.1. The SMILES string of the molecule is O=C(OCn1nnc2ccccc2c1=O)[C@H](O)c1ccccc1. The number of aromatic nitrogens is 3. The Bertz CT molecular complexity index is 892. The fourth-order valence-corrected chi connectivity index (χ4v) is 2.08. The van der Waals surface area contributed by atoms with Crippen molar-refractivity contribution in [2.24, 2.45) is 0 Å². The molecule has 7 nitrogen and oxygen atoms in total. The van der Waals surface area contributed by atoms with Crippen LogP contribution >= 0.6 is 0 Å². The molecule has 0 amide bonds. The smallest absolute Gasteiger partial charge is 0.341 e. The molecule has 0 aliphatic heterocycles. The fraction of sp³-hybridized carbons (Fsp3) is 0.125. The Hall–Kier alpha value is -3.06. The second kappa shape index (κ2) is 6.37. The largest absolute Gasteiger partial charge is 0.440 e. The summed E-state index contributed by atoms with van der Waals surface area (Å²) in [5, 5.41) is 17.9. The van der Waals surface area contributed by atoms with Crippen molar-refractivity contribution < 1.29 is 14.6 Å². The van der Waals surface area contributed by atoms with Crippen LogP contribution < -0.4 is 5.56 Å². The highest BCUT2D eigenvalue weighted by atomic mass is 16.6. The normalized spacial score (nSPS) is 12.0. The molecule has 116 valence electrons.